The minimum atomic E-state index is -4.74. The first-order valence-corrected chi connectivity index (χ1v) is 10.9. The van der Waals surface area contributed by atoms with Gasteiger partial charge in [-0.15, -0.1) is 11.3 Å². The second kappa shape index (κ2) is 8.79. The first kappa shape index (κ1) is 23.3. The third-order valence-electron chi connectivity index (χ3n) is 5.24. The lowest BCUT2D eigenvalue weighted by Crippen LogP contribution is -2.15. The minimum absolute atomic E-state index is 0.0718. The van der Waals surface area contributed by atoms with Gasteiger partial charge in [0.1, 0.15) is 16.8 Å². The monoisotopic (exact) mass is 485 g/mol. The highest BCUT2D eigenvalue weighted by atomic mass is 32.1. The second-order valence-electron chi connectivity index (χ2n) is 7.31. The predicted octanol–water partition coefficient (Wildman–Crippen LogP) is 5.48. The van der Waals surface area contributed by atoms with Crippen molar-refractivity contribution in [2.75, 3.05) is 12.4 Å². The van der Waals surface area contributed by atoms with Gasteiger partial charge in [0.25, 0.3) is 5.91 Å². The van der Waals surface area contributed by atoms with Crippen LogP contribution < -0.4 is 10.1 Å². The fourth-order valence-electron chi connectivity index (χ4n) is 3.57. The van der Waals surface area contributed by atoms with Crippen molar-refractivity contribution in [1.29, 1.82) is 5.26 Å². The number of hydrogen-bond donors (Lipinski definition) is 1. The number of nitrogens with one attached hydrogen (secondary N) is 1. The number of halogens is 3. The Morgan fingerprint density at radius 3 is 2.56 bits per heavy atom. The summed E-state index contributed by atoms with van der Waals surface area (Å²) < 4.78 is 47.2. The molecule has 0 saturated heterocycles. The average Bonchev–Trinajstić information content (AvgIpc) is 3.37. The van der Waals surface area contributed by atoms with Crippen LogP contribution in [-0.4, -0.2) is 27.6 Å². The van der Waals surface area contributed by atoms with E-state index in [4.69, 9.17) is 4.74 Å². The molecular weight excluding hydrogens is 467 g/mol. The summed E-state index contributed by atoms with van der Waals surface area (Å²) in [4.78, 5) is 18.0. The Morgan fingerprint density at radius 1 is 1.26 bits per heavy atom. The zero-order valence-corrected chi connectivity index (χ0v) is 19.1. The van der Waals surface area contributed by atoms with Gasteiger partial charge >= 0.3 is 6.18 Å². The van der Waals surface area contributed by atoms with Gasteiger partial charge in [0.05, 0.1) is 18.4 Å². The van der Waals surface area contributed by atoms with Crippen LogP contribution in [0.1, 0.15) is 39.1 Å². The Balaban J connectivity index is 1.77. The van der Waals surface area contributed by atoms with E-state index in [0.29, 0.717) is 32.8 Å². The summed E-state index contributed by atoms with van der Waals surface area (Å²) >= 11 is 1.24. The molecule has 3 heterocycles. The highest BCUT2D eigenvalue weighted by Crippen LogP contribution is 2.34. The van der Waals surface area contributed by atoms with Crippen LogP contribution in [0, 0.1) is 18.3 Å². The van der Waals surface area contributed by atoms with Gasteiger partial charge in [-0.05, 0) is 49.2 Å². The van der Waals surface area contributed by atoms with Gasteiger partial charge in [0, 0.05) is 16.5 Å². The molecule has 1 aromatic carbocycles. The third-order valence-corrected chi connectivity index (χ3v) is 6.30. The Hall–Kier alpha value is -3.91. The molecule has 1 N–H and O–H groups in total. The van der Waals surface area contributed by atoms with Gasteiger partial charge in [0.2, 0.25) is 0 Å². The number of carbonyl (C=O) groups is 1. The van der Waals surface area contributed by atoms with Gasteiger partial charge in [-0.25, -0.2) is 9.50 Å². The number of methoxy groups -OCH3 is 1. The number of benzene rings is 1. The van der Waals surface area contributed by atoms with E-state index < -0.39 is 17.8 Å². The Kier molecular flexibility index (Phi) is 6.01. The molecule has 0 atom stereocenters. The van der Waals surface area contributed by atoms with Crippen molar-refractivity contribution in [3.05, 3.63) is 63.8 Å². The van der Waals surface area contributed by atoms with Crippen LogP contribution in [0.5, 0.6) is 5.75 Å². The number of alkyl halides is 3. The predicted molar refractivity (Wildman–Crippen MR) is 121 cm³/mol. The molecule has 0 unspecified atom stereocenters. The normalized spacial score (nSPS) is 11.4. The summed E-state index contributed by atoms with van der Waals surface area (Å²) in [6.07, 6.45) is -4.13. The Morgan fingerprint density at radius 2 is 1.97 bits per heavy atom. The van der Waals surface area contributed by atoms with Crippen molar-refractivity contribution >= 4 is 27.9 Å². The molecule has 174 valence electrons. The number of rotatable bonds is 5. The summed E-state index contributed by atoms with van der Waals surface area (Å²) in [5, 5.41) is 16.3. The van der Waals surface area contributed by atoms with Crippen LogP contribution in [0.4, 0.5) is 18.2 Å². The summed E-state index contributed by atoms with van der Waals surface area (Å²) in [6.45, 7) is 3.74. The lowest BCUT2D eigenvalue weighted by molar-refractivity contribution is -0.142. The SMILES string of the molecule is CCc1c(C)sc(NC(=O)c2cc3nc(-c4ccc(OC)cc4)cc(C(F)(F)F)n3n2)c1C#N. The molecule has 1 amide bonds. The van der Waals surface area contributed by atoms with E-state index in [0.717, 1.165) is 16.5 Å². The van der Waals surface area contributed by atoms with Crippen LogP contribution in [0.3, 0.4) is 0 Å². The molecule has 0 aliphatic carbocycles. The van der Waals surface area contributed by atoms with Crippen LogP contribution in [0.25, 0.3) is 16.9 Å². The van der Waals surface area contributed by atoms with E-state index in [2.05, 4.69) is 21.5 Å². The molecule has 4 aromatic rings. The lowest BCUT2D eigenvalue weighted by atomic mass is 10.1. The molecule has 0 aliphatic rings. The van der Waals surface area contributed by atoms with Crippen molar-refractivity contribution in [3.8, 4) is 23.1 Å². The first-order valence-electron chi connectivity index (χ1n) is 10.1. The number of aromatic nitrogens is 3. The smallest absolute Gasteiger partial charge is 0.433 e. The number of carbonyl (C=O) groups excluding carboxylic acids is 1. The number of nitriles is 1. The van der Waals surface area contributed by atoms with Gasteiger partial charge < -0.3 is 10.1 Å². The molecule has 3 aromatic heterocycles. The molecule has 11 heteroatoms. The minimum Gasteiger partial charge on any atom is -0.497 e. The van der Waals surface area contributed by atoms with E-state index in [1.807, 2.05) is 13.8 Å². The van der Waals surface area contributed by atoms with E-state index in [1.54, 1.807) is 24.3 Å². The fourth-order valence-corrected chi connectivity index (χ4v) is 4.67. The third kappa shape index (κ3) is 4.20. The maximum Gasteiger partial charge on any atom is 0.433 e. The van der Waals surface area contributed by atoms with Crippen molar-refractivity contribution in [2.24, 2.45) is 0 Å². The number of hydrogen-bond acceptors (Lipinski definition) is 6. The zero-order chi connectivity index (χ0) is 24.6. The topological polar surface area (TPSA) is 92.3 Å². The number of anilines is 1. The number of ether oxygens (including phenoxy) is 1. The molecule has 4 rings (SSSR count). The molecule has 0 fully saturated rings. The van der Waals surface area contributed by atoms with Crippen LogP contribution in [-0.2, 0) is 12.6 Å². The lowest BCUT2D eigenvalue weighted by Gasteiger charge is -2.11. The maximum atomic E-state index is 13.8. The zero-order valence-electron chi connectivity index (χ0n) is 18.3. The largest absolute Gasteiger partial charge is 0.497 e. The Labute approximate surface area is 196 Å². The number of aryl methyl sites for hydroxylation is 1. The highest BCUT2D eigenvalue weighted by molar-refractivity contribution is 7.16. The summed E-state index contributed by atoms with van der Waals surface area (Å²) in [5.74, 6) is -0.180. The van der Waals surface area contributed by atoms with E-state index in [1.165, 1.54) is 24.5 Å². The van der Waals surface area contributed by atoms with Gasteiger partial charge in [-0.1, -0.05) is 6.92 Å². The summed E-state index contributed by atoms with van der Waals surface area (Å²) in [6, 6.07) is 10.6. The summed E-state index contributed by atoms with van der Waals surface area (Å²) in [7, 11) is 1.49. The van der Waals surface area contributed by atoms with E-state index in [-0.39, 0.29) is 17.0 Å². The summed E-state index contributed by atoms with van der Waals surface area (Å²) in [5.41, 5.74) is 0.227. The van der Waals surface area contributed by atoms with Crippen LogP contribution in [0.2, 0.25) is 0 Å². The maximum absolute atomic E-state index is 13.8. The van der Waals surface area contributed by atoms with Crippen LogP contribution in [0.15, 0.2) is 36.4 Å². The molecule has 0 aliphatic heterocycles. The molecule has 0 spiro atoms. The van der Waals surface area contributed by atoms with Crippen molar-refractivity contribution in [3.63, 3.8) is 0 Å². The molecular formula is C23H18F3N5O2S. The van der Waals surface area contributed by atoms with Crippen molar-refractivity contribution in [1.82, 2.24) is 14.6 Å². The number of thiophene rings is 1. The van der Waals surface area contributed by atoms with Crippen molar-refractivity contribution in [2.45, 2.75) is 26.4 Å². The number of fused-ring (bicyclic) bond motifs is 1. The first-order chi connectivity index (χ1) is 16.2. The second-order valence-corrected chi connectivity index (χ2v) is 8.54. The number of amides is 1. The Bertz CT molecular complexity index is 1430. The molecule has 0 saturated carbocycles. The van der Waals surface area contributed by atoms with Gasteiger partial charge in [-0.3, -0.25) is 4.79 Å². The highest BCUT2D eigenvalue weighted by Gasteiger charge is 2.35. The molecule has 7 nitrogen and oxygen atoms in total. The number of nitrogens with zero attached hydrogens (tertiary/aromatic N) is 4. The molecule has 0 bridgehead atoms. The standard InChI is InChI=1S/C23H18F3N5O2S/c1-4-15-12(2)34-22(16(15)11-27)29-21(32)18-10-20-28-17(13-5-7-14(33-3)8-6-13)9-19(23(24,25)26)31(20)30-18/h5-10H,4H2,1-3H3,(H,29,32). The van der Waals surface area contributed by atoms with Crippen LogP contribution >= 0.6 is 11.3 Å². The van der Waals surface area contributed by atoms with E-state index in [9.17, 15) is 23.2 Å². The fraction of sp³-hybridized carbons (Fsp3) is 0.217. The quantitative estimate of drug-likeness (QED) is 0.404. The molecule has 0 radical (unpaired) electrons. The van der Waals surface area contributed by atoms with Gasteiger partial charge in [-0.2, -0.15) is 23.5 Å². The van der Waals surface area contributed by atoms with E-state index >= 15 is 0 Å². The molecule has 34 heavy (non-hydrogen) atoms. The van der Waals surface area contributed by atoms with Crippen molar-refractivity contribution < 1.29 is 22.7 Å². The van der Waals surface area contributed by atoms with Gasteiger partial charge in [0.15, 0.2) is 17.0 Å². The average molecular weight is 485 g/mol.